The van der Waals surface area contributed by atoms with Gasteiger partial charge in [0.05, 0.1) is 34.5 Å². The molecule has 3 aromatic heterocycles. The van der Waals surface area contributed by atoms with Crippen molar-refractivity contribution in [3.05, 3.63) is 78.1 Å². The van der Waals surface area contributed by atoms with E-state index in [2.05, 4.69) is 30.1 Å². The molecule has 0 unspecified atom stereocenters. The number of benzene rings is 4. The number of aryl methyl sites for hydroxylation is 2. The summed E-state index contributed by atoms with van der Waals surface area (Å²) in [5, 5.41) is 4.92. The van der Waals surface area contributed by atoms with Gasteiger partial charge in [0, 0.05) is 16.2 Å². The van der Waals surface area contributed by atoms with Crippen LogP contribution in [0.3, 0.4) is 0 Å². The van der Waals surface area contributed by atoms with E-state index in [1.807, 2.05) is 34.2 Å². The Balaban J connectivity index is 1.93. The summed E-state index contributed by atoms with van der Waals surface area (Å²) in [6, 6.07) is 18.3. The first kappa shape index (κ1) is 18.6. The summed E-state index contributed by atoms with van der Waals surface area (Å²) in [5.41, 5.74) is 4.47. The maximum Gasteiger partial charge on any atom is 0.417 e. The molecule has 4 aromatic carbocycles. The monoisotopic (exact) mass is 440 g/mol. The highest BCUT2D eigenvalue weighted by molar-refractivity contribution is 6.28. The number of nitrogens with zero attached hydrogens (tertiary/aromatic N) is 3. The Labute approximate surface area is 185 Å². The zero-order chi connectivity index (χ0) is 22.6. The van der Waals surface area contributed by atoms with Crippen molar-refractivity contribution >= 4 is 59.9 Å². The molecular weight excluding hydrogens is 423 g/mol. The number of hydrogen-bond acceptors (Lipinski definition) is 1. The third-order valence-corrected chi connectivity index (χ3v) is 6.96. The summed E-state index contributed by atoms with van der Waals surface area (Å²) >= 11 is 0. The van der Waals surface area contributed by atoms with Gasteiger partial charge in [0.15, 0.2) is 5.52 Å². The van der Waals surface area contributed by atoms with Crippen LogP contribution in [0.25, 0.3) is 59.9 Å². The van der Waals surface area contributed by atoms with Crippen molar-refractivity contribution in [3.63, 3.8) is 0 Å². The molecule has 7 rings (SSSR count). The summed E-state index contributed by atoms with van der Waals surface area (Å²) in [7, 11) is 1.94. The molecule has 0 amide bonds. The van der Waals surface area contributed by atoms with Crippen LogP contribution in [0.4, 0.5) is 13.2 Å². The lowest BCUT2D eigenvalue weighted by molar-refractivity contribution is -0.646. The normalized spacial score (nSPS) is 13.0. The highest BCUT2D eigenvalue weighted by atomic mass is 19.4. The van der Waals surface area contributed by atoms with Crippen molar-refractivity contribution in [3.8, 4) is 0 Å². The Morgan fingerprint density at radius 2 is 1.67 bits per heavy atom. The third-order valence-electron chi connectivity index (χ3n) is 6.96. The first-order valence-corrected chi connectivity index (χ1v) is 10.7. The largest absolute Gasteiger partial charge is 0.417 e. The maximum atomic E-state index is 14.1. The summed E-state index contributed by atoms with van der Waals surface area (Å²) in [4.78, 5) is 4.60. The molecule has 0 N–H and O–H groups in total. The number of hydrogen-bond donors (Lipinski definition) is 0. The number of aromatic nitrogens is 3. The Kier molecular flexibility index (Phi) is 3.33. The van der Waals surface area contributed by atoms with Crippen LogP contribution in [-0.4, -0.2) is 9.38 Å². The van der Waals surface area contributed by atoms with Gasteiger partial charge in [-0.1, -0.05) is 30.3 Å². The van der Waals surface area contributed by atoms with Gasteiger partial charge >= 0.3 is 6.18 Å². The van der Waals surface area contributed by atoms with Crippen LogP contribution in [-0.2, 0) is 13.2 Å². The summed E-state index contributed by atoms with van der Waals surface area (Å²) in [5.74, 6) is 0. The van der Waals surface area contributed by atoms with Crippen LogP contribution in [0.5, 0.6) is 0 Å². The van der Waals surface area contributed by atoms with Crippen LogP contribution in [0, 0.1) is 6.92 Å². The van der Waals surface area contributed by atoms with E-state index in [-0.39, 0.29) is 5.39 Å². The molecule has 3 heterocycles. The van der Waals surface area contributed by atoms with Crippen LogP contribution in [0.1, 0.15) is 11.1 Å². The SMILES string of the molecule is Cc1c2ccccc2cc2c1c1c3c(ccc4c5c(C(F)(F)F)cccc5n2c43)nc[n+]1C. The number of pyridine rings is 1. The zero-order valence-electron chi connectivity index (χ0n) is 17.8. The topological polar surface area (TPSA) is 21.2 Å². The van der Waals surface area contributed by atoms with Gasteiger partial charge in [-0.05, 0) is 58.6 Å². The van der Waals surface area contributed by atoms with Gasteiger partial charge in [0.1, 0.15) is 5.52 Å². The van der Waals surface area contributed by atoms with E-state index in [0.717, 1.165) is 49.2 Å². The van der Waals surface area contributed by atoms with Crippen molar-refractivity contribution in [1.82, 2.24) is 9.38 Å². The van der Waals surface area contributed by atoms with Crippen LogP contribution in [0.15, 0.2) is 67.0 Å². The molecule has 7 aromatic rings. The molecule has 0 aliphatic heterocycles. The minimum Gasteiger partial charge on any atom is -0.307 e. The fraction of sp³-hybridized carbons (Fsp3) is 0.111. The highest BCUT2D eigenvalue weighted by Crippen LogP contribution is 2.45. The number of halogens is 3. The molecule has 0 fully saturated rings. The fourth-order valence-electron chi connectivity index (χ4n) is 5.64. The molecule has 0 aliphatic carbocycles. The zero-order valence-corrected chi connectivity index (χ0v) is 17.8. The molecule has 33 heavy (non-hydrogen) atoms. The van der Waals surface area contributed by atoms with Crippen LogP contribution >= 0.6 is 0 Å². The van der Waals surface area contributed by atoms with Crippen molar-refractivity contribution in [1.29, 1.82) is 0 Å². The van der Waals surface area contributed by atoms with Crippen molar-refractivity contribution in [2.45, 2.75) is 13.1 Å². The van der Waals surface area contributed by atoms with E-state index in [1.54, 1.807) is 18.5 Å². The van der Waals surface area contributed by atoms with Crippen molar-refractivity contribution in [2.75, 3.05) is 0 Å². The Morgan fingerprint density at radius 3 is 2.48 bits per heavy atom. The Bertz CT molecular complexity index is 1930. The lowest BCUT2D eigenvalue weighted by Crippen LogP contribution is -2.30. The number of rotatable bonds is 0. The summed E-state index contributed by atoms with van der Waals surface area (Å²) < 4.78 is 46.3. The first-order valence-electron chi connectivity index (χ1n) is 10.7. The molecule has 0 radical (unpaired) electrons. The third kappa shape index (κ3) is 2.20. The Morgan fingerprint density at radius 1 is 0.848 bits per heavy atom. The van der Waals surface area contributed by atoms with Gasteiger partial charge in [-0.15, -0.1) is 0 Å². The molecule has 6 heteroatoms. The molecule has 160 valence electrons. The molecule has 0 saturated heterocycles. The van der Waals surface area contributed by atoms with E-state index in [4.69, 9.17) is 0 Å². The lowest BCUT2D eigenvalue weighted by atomic mass is 9.97. The van der Waals surface area contributed by atoms with Crippen molar-refractivity contribution < 1.29 is 17.7 Å². The standard InChI is InChI=1S/C27H17F3N3/c1-14-16-7-4-3-6-15(16)12-21-22(14)26-24-19(31-13-32(26)2)11-10-17-23-18(27(28,29)30)8-5-9-20(23)33(21)25(17)24/h3-13H,1-2H3/q+1. The quantitative estimate of drug-likeness (QED) is 0.146. The molecule has 0 bridgehead atoms. The van der Waals surface area contributed by atoms with E-state index < -0.39 is 11.7 Å². The van der Waals surface area contributed by atoms with Crippen LogP contribution < -0.4 is 4.57 Å². The predicted octanol–water partition coefficient (Wildman–Crippen LogP) is 6.69. The van der Waals surface area contributed by atoms with Gasteiger partial charge in [-0.25, -0.2) is 4.57 Å². The van der Waals surface area contributed by atoms with Gasteiger partial charge < -0.3 is 4.40 Å². The molecule has 0 spiro atoms. The van der Waals surface area contributed by atoms with Gasteiger partial charge in [-0.3, -0.25) is 0 Å². The number of fused-ring (bicyclic) bond motifs is 7. The average Bonchev–Trinajstić information content (AvgIpc) is 3.14. The predicted molar refractivity (Wildman–Crippen MR) is 125 cm³/mol. The minimum atomic E-state index is -4.45. The van der Waals surface area contributed by atoms with E-state index in [9.17, 15) is 13.2 Å². The average molecular weight is 440 g/mol. The van der Waals surface area contributed by atoms with Gasteiger partial charge in [0.25, 0.3) is 6.33 Å². The summed E-state index contributed by atoms with van der Waals surface area (Å²) in [6.07, 6.45) is -2.67. The van der Waals surface area contributed by atoms with Gasteiger partial charge in [-0.2, -0.15) is 13.2 Å². The first-order chi connectivity index (χ1) is 15.9. The molecule has 0 saturated carbocycles. The van der Waals surface area contributed by atoms with Gasteiger partial charge in [0.2, 0.25) is 0 Å². The maximum absolute atomic E-state index is 14.1. The second-order valence-electron chi connectivity index (χ2n) is 8.71. The van der Waals surface area contributed by atoms with Crippen molar-refractivity contribution in [2.24, 2.45) is 7.05 Å². The second kappa shape index (κ2) is 5.90. The smallest absolute Gasteiger partial charge is 0.307 e. The highest BCUT2D eigenvalue weighted by Gasteiger charge is 2.35. The molecule has 3 nitrogen and oxygen atoms in total. The molecule has 0 aliphatic rings. The Hall–Kier alpha value is -3.93. The summed E-state index contributed by atoms with van der Waals surface area (Å²) in [6.45, 7) is 2.09. The van der Waals surface area contributed by atoms with E-state index in [0.29, 0.717) is 10.9 Å². The minimum absolute atomic E-state index is 0.234. The second-order valence-corrected chi connectivity index (χ2v) is 8.71. The van der Waals surface area contributed by atoms with E-state index in [1.165, 1.54) is 12.1 Å². The van der Waals surface area contributed by atoms with E-state index >= 15 is 0 Å². The lowest BCUT2D eigenvalue weighted by Gasteiger charge is -2.15. The molecule has 0 atom stereocenters. The van der Waals surface area contributed by atoms with Crippen LogP contribution in [0.2, 0.25) is 0 Å². The number of alkyl halides is 3. The fourth-order valence-corrected chi connectivity index (χ4v) is 5.64. The molecular formula is C27H17F3N3+.